The summed E-state index contributed by atoms with van der Waals surface area (Å²) in [6.07, 6.45) is 2.71. The number of nitrogens with zero attached hydrogens (tertiary/aromatic N) is 1. The molecular formula is C19H18N2O2. The number of aromatic nitrogens is 1. The van der Waals surface area contributed by atoms with Crippen LogP contribution in [0.25, 0.3) is 10.9 Å². The van der Waals surface area contributed by atoms with E-state index in [9.17, 15) is 4.79 Å². The van der Waals surface area contributed by atoms with Gasteiger partial charge in [0.2, 0.25) is 0 Å². The zero-order chi connectivity index (χ0) is 15.8. The molecule has 0 spiro atoms. The van der Waals surface area contributed by atoms with E-state index in [1.54, 1.807) is 13.3 Å². The van der Waals surface area contributed by atoms with Crippen molar-refractivity contribution in [3.05, 3.63) is 65.4 Å². The van der Waals surface area contributed by atoms with Gasteiger partial charge >= 0.3 is 0 Å². The van der Waals surface area contributed by atoms with Gasteiger partial charge in [0, 0.05) is 36.3 Å². The van der Waals surface area contributed by atoms with Gasteiger partial charge in [-0.1, -0.05) is 24.3 Å². The van der Waals surface area contributed by atoms with Crippen LogP contribution >= 0.6 is 0 Å². The zero-order valence-electron chi connectivity index (χ0n) is 13.0. The molecule has 0 saturated heterocycles. The van der Waals surface area contributed by atoms with Crippen molar-refractivity contribution in [2.75, 3.05) is 13.7 Å². The molecule has 0 bridgehead atoms. The third-order valence-corrected chi connectivity index (χ3v) is 4.54. The number of fused-ring (bicyclic) bond motifs is 2. The second-order valence-corrected chi connectivity index (χ2v) is 5.86. The van der Waals surface area contributed by atoms with Gasteiger partial charge in [-0.3, -0.25) is 4.79 Å². The Morgan fingerprint density at radius 3 is 2.83 bits per heavy atom. The third-order valence-electron chi connectivity index (χ3n) is 4.54. The van der Waals surface area contributed by atoms with Crippen molar-refractivity contribution < 1.29 is 9.53 Å². The Morgan fingerprint density at radius 1 is 1.17 bits per heavy atom. The molecule has 1 N–H and O–H groups in total. The van der Waals surface area contributed by atoms with Gasteiger partial charge in [-0.15, -0.1) is 0 Å². The van der Waals surface area contributed by atoms with E-state index in [1.807, 2.05) is 29.2 Å². The van der Waals surface area contributed by atoms with Crippen molar-refractivity contribution in [3.63, 3.8) is 0 Å². The van der Waals surface area contributed by atoms with E-state index in [-0.39, 0.29) is 5.91 Å². The van der Waals surface area contributed by atoms with Gasteiger partial charge in [0.1, 0.15) is 5.75 Å². The average molecular weight is 306 g/mol. The second-order valence-electron chi connectivity index (χ2n) is 5.86. The number of nitrogens with one attached hydrogen (secondary N) is 1. The standard InChI is InChI=1S/C19H18N2O2/c1-23-15-6-7-16-17(11-20-18(16)10-15)19(22)21-9-8-13-4-2-3-5-14(13)12-21/h2-7,10-11,20H,8-9,12H2,1H3. The lowest BCUT2D eigenvalue weighted by atomic mass is 9.99. The van der Waals surface area contributed by atoms with Crippen molar-refractivity contribution in [2.24, 2.45) is 0 Å². The summed E-state index contributed by atoms with van der Waals surface area (Å²) in [5.74, 6) is 0.862. The molecule has 1 aromatic heterocycles. The van der Waals surface area contributed by atoms with Crippen LogP contribution in [0.3, 0.4) is 0 Å². The van der Waals surface area contributed by atoms with Gasteiger partial charge in [0.25, 0.3) is 5.91 Å². The quantitative estimate of drug-likeness (QED) is 0.789. The molecule has 116 valence electrons. The highest BCUT2D eigenvalue weighted by Crippen LogP contribution is 2.26. The summed E-state index contributed by atoms with van der Waals surface area (Å²) in [5, 5.41) is 0.939. The molecule has 4 rings (SSSR count). The number of amides is 1. The number of benzene rings is 2. The Hall–Kier alpha value is -2.75. The van der Waals surface area contributed by atoms with Gasteiger partial charge in [-0.2, -0.15) is 0 Å². The fraction of sp³-hybridized carbons (Fsp3) is 0.211. The number of rotatable bonds is 2. The smallest absolute Gasteiger partial charge is 0.256 e. The van der Waals surface area contributed by atoms with Crippen LogP contribution in [0.1, 0.15) is 21.5 Å². The maximum absolute atomic E-state index is 12.9. The average Bonchev–Trinajstić information content (AvgIpc) is 3.03. The molecule has 0 unspecified atom stereocenters. The minimum Gasteiger partial charge on any atom is -0.497 e. The van der Waals surface area contributed by atoms with E-state index in [0.29, 0.717) is 6.54 Å². The highest BCUT2D eigenvalue weighted by molar-refractivity contribution is 6.07. The number of methoxy groups -OCH3 is 1. The molecule has 4 heteroatoms. The van der Waals surface area contributed by atoms with Gasteiger partial charge in [-0.05, 0) is 29.7 Å². The Bertz CT molecular complexity index is 882. The minimum absolute atomic E-state index is 0.0796. The fourth-order valence-corrected chi connectivity index (χ4v) is 3.25. The molecule has 2 aromatic carbocycles. The maximum atomic E-state index is 12.9. The van der Waals surface area contributed by atoms with Crippen molar-refractivity contribution in [1.29, 1.82) is 0 Å². The number of hydrogen-bond acceptors (Lipinski definition) is 2. The lowest BCUT2D eigenvalue weighted by molar-refractivity contribution is 0.0737. The first-order chi connectivity index (χ1) is 11.3. The molecule has 1 aliphatic rings. The van der Waals surface area contributed by atoms with Crippen LogP contribution in [-0.2, 0) is 13.0 Å². The first kappa shape index (κ1) is 13.9. The van der Waals surface area contributed by atoms with Crippen molar-refractivity contribution >= 4 is 16.8 Å². The topological polar surface area (TPSA) is 45.3 Å². The third kappa shape index (κ3) is 2.36. The Balaban J connectivity index is 1.65. The summed E-state index contributed by atoms with van der Waals surface area (Å²) in [7, 11) is 1.64. The maximum Gasteiger partial charge on any atom is 0.256 e. The number of hydrogen-bond donors (Lipinski definition) is 1. The summed E-state index contributed by atoms with van der Waals surface area (Å²) in [5.41, 5.74) is 4.24. The summed E-state index contributed by atoms with van der Waals surface area (Å²) in [6.45, 7) is 1.44. The van der Waals surface area contributed by atoms with Crippen molar-refractivity contribution in [1.82, 2.24) is 9.88 Å². The summed E-state index contributed by atoms with van der Waals surface area (Å²) in [4.78, 5) is 18.0. The molecule has 23 heavy (non-hydrogen) atoms. The summed E-state index contributed by atoms with van der Waals surface area (Å²) < 4.78 is 5.23. The number of ether oxygens (including phenoxy) is 1. The van der Waals surface area contributed by atoms with Gasteiger partial charge < -0.3 is 14.6 Å². The molecule has 0 atom stereocenters. The number of carbonyl (C=O) groups is 1. The zero-order valence-corrected chi connectivity index (χ0v) is 13.0. The molecule has 0 aliphatic carbocycles. The molecular weight excluding hydrogens is 288 g/mol. The molecule has 1 amide bonds. The predicted octanol–water partition coefficient (Wildman–Crippen LogP) is 3.38. The predicted molar refractivity (Wildman–Crippen MR) is 89.7 cm³/mol. The molecule has 2 heterocycles. The molecule has 4 nitrogen and oxygen atoms in total. The van der Waals surface area contributed by atoms with Crippen LogP contribution in [0, 0.1) is 0 Å². The van der Waals surface area contributed by atoms with Crippen molar-refractivity contribution in [2.45, 2.75) is 13.0 Å². The highest BCUT2D eigenvalue weighted by atomic mass is 16.5. The van der Waals surface area contributed by atoms with Gasteiger partial charge in [0.05, 0.1) is 12.7 Å². The lowest BCUT2D eigenvalue weighted by Gasteiger charge is -2.28. The number of carbonyl (C=O) groups excluding carboxylic acids is 1. The van der Waals surface area contributed by atoms with E-state index in [0.717, 1.165) is 35.2 Å². The van der Waals surface area contributed by atoms with E-state index < -0.39 is 0 Å². The van der Waals surface area contributed by atoms with Gasteiger partial charge in [0.15, 0.2) is 0 Å². The van der Waals surface area contributed by atoms with Gasteiger partial charge in [-0.25, -0.2) is 0 Å². The van der Waals surface area contributed by atoms with Crippen LogP contribution < -0.4 is 4.74 Å². The van der Waals surface area contributed by atoms with Crippen LogP contribution in [-0.4, -0.2) is 29.4 Å². The van der Waals surface area contributed by atoms with E-state index >= 15 is 0 Å². The van der Waals surface area contributed by atoms with Crippen LogP contribution in [0.4, 0.5) is 0 Å². The molecule has 1 aliphatic heterocycles. The highest BCUT2D eigenvalue weighted by Gasteiger charge is 2.23. The minimum atomic E-state index is 0.0796. The Kier molecular flexibility index (Phi) is 3.30. The second kappa shape index (κ2) is 5.47. The number of H-pyrrole nitrogens is 1. The summed E-state index contributed by atoms with van der Waals surface area (Å²) in [6, 6.07) is 14.1. The SMILES string of the molecule is COc1ccc2c(C(=O)N3CCc4ccccc4C3)c[nH]c2c1. The van der Waals surface area contributed by atoms with Crippen LogP contribution in [0.15, 0.2) is 48.7 Å². The van der Waals surface area contributed by atoms with Crippen LogP contribution in [0.5, 0.6) is 5.75 Å². The normalized spacial score (nSPS) is 13.9. The Morgan fingerprint density at radius 2 is 2.00 bits per heavy atom. The van der Waals surface area contributed by atoms with E-state index in [2.05, 4.69) is 23.2 Å². The largest absolute Gasteiger partial charge is 0.497 e. The summed E-state index contributed by atoms with van der Waals surface area (Å²) >= 11 is 0. The van der Waals surface area contributed by atoms with Crippen LogP contribution in [0.2, 0.25) is 0 Å². The fourth-order valence-electron chi connectivity index (χ4n) is 3.25. The van der Waals surface area contributed by atoms with E-state index in [1.165, 1.54) is 11.1 Å². The first-order valence-electron chi connectivity index (χ1n) is 7.77. The molecule has 3 aromatic rings. The molecule has 0 fully saturated rings. The van der Waals surface area contributed by atoms with Crippen molar-refractivity contribution in [3.8, 4) is 5.75 Å². The monoisotopic (exact) mass is 306 g/mol. The Labute approximate surface area is 134 Å². The first-order valence-corrected chi connectivity index (χ1v) is 7.77. The van der Waals surface area contributed by atoms with E-state index in [4.69, 9.17) is 4.74 Å². The number of aromatic amines is 1. The molecule has 0 radical (unpaired) electrons. The molecule has 0 saturated carbocycles. The lowest BCUT2D eigenvalue weighted by Crippen LogP contribution is -2.35.